The first-order valence-electron chi connectivity index (χ1n) is 9.25. The van der Waals surface area contributed by atoms with Crippen molar-refractivity contribution < 1.29 is 14.3 Å². The van der Waals surface area contributed by atoms with Crippen molar-refractivity contribution in [1.29, 1.82) is 5.26 Å². The van der Waals surface area contributed by atoms with Crippen molar-refractivity contribution in [2.45, 2.75) is 12.8 Å². The number of carbonyl (C=O) groups is 2. The van der Waals surface area contributed by atoms with Gasteiger partial charge in [0.25, 0.3) is 5.91 Å². The van der Waals surface area contributed by atoms with Gasteiger partial charge in [0.2, 0.25) is 0 Å². The minimum absolute atomic E-state index is 0.354. The number of amides is 1. The number of nitriles is 1. The highest BCUT2D eigenvalue weighted by molar-refractivity contribution is 7.14. The van der Waals surface area contributed by atoms with Crippen LogP contribution in [0.1, 0.15) is 28.8 Å². The number of fused-ring (bicyclic) bond motifs is 1. The molecule has 0 spiro atoms. The van der Waals surface area contributed by atoms with Crippen molar-refractivity contribution in [1.82, 2.24) is 4.98 Å². The van der Waals surface area contributed by atoms with Crippen molar-refractivity contribution in [2.75, 3.05) is 29.9 Å². The summed E-state index contributed by atoms with van der Waals surface area (Å²) in [5.41, 5.74) is 1.54. The van der Waals surface area contributed by atoms with Gasteiger partial charge in [-0.3, -0.25) is 4.79 Å². The zero-order valence-electron chi connectivity index (χ0n) is 15.6. The van der Waals surface area contributed by atoms with E-state index >= 15 is 0 Å². The van der Waals surface area contributed by atoms with Gasteiger partial charge in [-0.05, 0) is 36.4 Å². The number of para-hydroxylation sites is 1. The van der Waals surface area contributed by atoms with Crippen molar-refractivity contribution in [2.24, 2.45) is 0 Å². The standard InChI is InChI=1S/C21H18N4O3S/c22-12-15-7-10-29-20(15)24-18(26)13-28-21(27)16-11-14-5-1-2-6-17(14)23-19(16)25-8-3-4-9-25/h1-2,5-7,10-11H,3-4,8-9,13H2,(H,24,26). The van der Waals surface area contributed by atoms with E-state index in [0.29, 0.717) is 21.9 Å². The van der Waals surface area contributed by atoms with E-state index in [1.165, 1.54) is 11.3 Å². The van der Waals surface area contributed by atoms with Gasteiger partial charge in [0.05, 0.1) is 11.1 Å². The lowest BCUT2D eigenvalue weighted by atomic mass is 10.1. The molecule has 0 saturated carbocycles. The number of rotatable bonds is 5. The third kappa shape index (κ3) is 4.05. The molecule has 146 valence electrons. The number of ether oxygens (including phenoxy) is 1. The third-order valence-electron chi connectivity index (χ3n) is 4.70. The van der Waals surface area contributed by atoms with E-state index in [4.69, 9.17) is 10.00 Å². The van der Waals surface area contributed by atoms with Gasteiger partial charge in [-0.25, -0.2) is 9.78 Å². The van der Waals surface area contributed by atoms with Gasteiger partial charge in [0, 0.05) is 18.5 Å². The second-order valence-corrected chi connectivity index (χ2v) is 7.56. The molecule has 29 heavy (non-hydrogen) atoms. The van der Waals surface area contributed by atoms with E-state index in [9.17, 15) is 9.59 Å². The number of carbonyl (C=O) groups excluding carboxylic acids is 2. The Hall–Kier alpha value is -3.44. The van der Waals surface area contributed by atoms with Gasteiger partial charge in [-0.2, -0.15) is 5.26 Å². The SMILES string of the molecule is N#Cc1ccsc1NC(=O)COC(=O)c1cc2ccccc2nc1N1CCCC1. The monoisotopic (exact) mass is 406 g/mol. The number of pyridine rings is 1. The van der Waals surface area contributed by atoms with Crippen molar-refractivity contribution in [3.05, 3.63) is 52.9 Å². The topological polar surface area (TPSA) is 95.3 Å². The summed E-state index contributed by atoms with van der Waals surface area (Å²) in [6.07, 6.45) is 2.10. The van der Waals surface area contributed by atoms with Crippen LogP contribution in [0.2, 0.25) is 0 Å². The number of nitrogens with zero attached hydrogens (tertiary/aromatic N) is 3. The minimum Gasteiger partial charge on any atom is -0.452 e. The molecule has 4 rings (SSSR count). The molecular formula is C21H18N4O3S. The van der Waals surface area contributed by atoms with E-state index in [-0.39, 0.29) is 0 Å². The highest BCUT2D eigenvalue weighted by atomic mass is 32.1. The first-order valence-corrected chi connectivity index (χ1v) is 10.1. The fourth-order valence-electron chi connectivity index (χ4n) is 3.29. The summed E-state index contributed by atoms with van der Waals surface area (Å²) in [5, 5.41) is 14.6. The number of thiophene rings is 1. The Morgan fingerprint density at radius 3 is 2.83 bits per heavy atom. The van der Waals surface area contributed by atoms with Crippen LogP contribution in [0.25, 0.3) is 10.9 Å². The maximum absolute atomic E-state index is 12.8. The smallest absolute Gasteiger partial charge is 0.342 e. The van der Waals surface area contributed by atoms with Crippen molar-refractivity contribution >= 4 is 44.9 Å². The average Bonchev–Trinajstić information content (AvgIpc) is 3.43. The second kappa shape index (κ2) is 8.29. The molecule has 2 aromatic heterocycles. The van der Waals surface area contributed by atoms with Crippen LogP contribution >= 0.6 is 11.3 Å². The molecule has 3 aromatic rings. The van der Waals surface area contributed by atoms with Gasteiger partial charge in [-0.15, -0.1) is 11.3 Å². The Morgan fingerprint density at radius 2 is 2.03 bits per heavy atom. The normalized spacial score (nSPS) is 13.3. The molecule has 0 radical (unpaired) electrons. The van der Waals surface area contributed by atoms with Crippen LogP contribution in [-0.4, -0.2) is 36.6 Å². The zero-order valence-corrected chi connectivity index (χ0v) is 16.4. The molecule has 1 aliphatic heterocycles. The highest BCUT2D eigenvalue weighted by Crippen LogP contribution is 2.27. The predicted molar refractivity (Wildman–Crippen MR) is 111 cm³/mol. The minimum atomic E-state index is -0.591. The first-order chi connectivity index (χ1) is 14.2. The number of hydrogen-bond donors (Lipinski definition) is 1. The number of aromatic nitrogens is 1. The highest BCUT2D eigenvalue weighted by Gasteiger charge is 2.23. The molecule has 3 heterocycles. The number of anilines is 2. The molecule has 0 bridgehead atoms. The third-order valence-corrected chi connectivity index (χ3v) is 5.53. The Labute approximate surface area is 171 Å². The fourth-order valence-corrected chi connectivity index (χ4v) is 4.05. The summed E-state index contributed by atoms with van der Waals surface area (Å²) in [4.78, 5) is 31.7. The zero-order chi connectivity index (χ0) is 20.2. The van der Waals surface area contributed by atoms with E-state index < -0.39 is 18.5 Å². The molecule has 0 unspecified atom stereocenters. The Balaban J connectivity index is 1.52. The lowest BCUT2D eigenvalue weighted by Gasteiger charge is -2.20. The quantitative estimate of drug-likeness (QED) is 0.651. The van der Waals surface area contributed by atoms with E-state index in [0.717, 1.165) is 36.8 Å². The maximum atomic E-state index is 12.8. The van der Waals surface area contributed by atoms with Crippen LogP contribution in [0.15, 0.2) is 41.8 Å². The molecule has 1 saturated heterocycles. The van der Waals surface area contributed by atoms with Crippen LogP contribution in [-0.2, 0) is 9.53 Å². The lowest BCUT2D eigenvalue weighted by Crippen LogP contribution is -2.25. The molecule has 0 aliphatic carbocycles. The molecule has 1 aliphatic rings. The molecule has 0 atom stereocenters. The molecule has 1 amide bonds. The van der Waals surface area contributed by atoms with Crippen LogP contribution in [0, 0.1) is 11.3 Å². The van der Waals surface area contributed by atoms with E-state index in [1.54, 1.807) is 17.5 Å². The average molecular weight is 406 g/mol. The summed E-state index contributed by atoms with van der Waals surface area (Å²) in [6, 6.07) is 13.0. The summed E-state index contributed by atoms with van der Waals surface area (Å²) in [6.45, 7) is 1.23. The number of nitrogens with one attached hydrogen (secondary N) is 1. The van der Waals surface area contributed by atoms with Crippen molar-refractivity contribution in [3.63, 3.8) is 0 Å². The molecule has 1 N–H and O–H groups in total. The Bertz CT molecular complexity index is 1110. The first kappa shape index (κ1) is 18.9. The molecule has 1 fully saturated rings. The van der Waals surface area contributed by atoms with Crippen LogP contribution in [0.4, 0.5) is 10.8 Å². The second-order valence-electron chi connectivity index (χ2n) is 6.65. The van der Waals surface area contributed by atoms with E-state index in [1.807, 2.05) is 30.3 Å². The summed E-state index contributed by atoms with van der Waals surface area (Å²) in [7, 11) is 0. The largest absolute Gasteiger partial charge is 0.452 e. The number of hydrogen-bond acceptors (Lipinski definition) is 7. The van der Waals surface area contributed by atoms with Crippen LogP contribution in [0.3, 0.4) is 0 Å². The predicted octanol–water partition coefficient (Wildman–Crippen LogP) is 3.56. The van der Waals surface area contributed by atoms with Crippen molar-refractivity contribution in [3.8, 4) is 6.07 Å². The summed E-state index contributed by atoms with van der Waals surface area (Å²) < 4.78 is 5.27. The Kier molecular flexibility index (Phi) is 5.40. The summed E-state index contributed by atoms with van der Waals surface area (Å²) in [5.74, 6) is -0.489. The van der Waals surface area contributed by atoms with Gasteiger partial charge in [0.15, 0.2) is 6.61 Å². The lowest BCUT2D eigenvalue weighted by molar-refractivity contribution is -0.119. The van der Waals surface area contributed by atoms with Crippen LogP contribution < -0.4 is 10.2 Å². The number of esters is 1. The molecule has 7 nitrogen and oxygen atoms in total. The van der Waals surface area contributed by atoms with Gasteiger partial charge >= 0.3 is 5.97 Å². The molecule has 8 heteroatoms. The van der Waals surface area contributed by atoms with Crippen LogP contribution in [0.5, 0.6) is 0 Å². The van der Waals surface area contributed by atoms with E-state index in [2.05, 4.69) is 15.2 Å². The van der Waals surface area contributed by atoms with Gasteiger partial charge in [0.1, 0.15) is 22.5 Å². The maximum Gasteiger partial charge on any atom is 0.342 e. The van der Waals surface area contributed by atoms with Gasteiger partial charge in [-0.1, -0.05) is 18.2 Å². The van der Waals surface area contributed by atoms with Gasteiger partial charge < -0.3 is 15.0 Å². The number of benzene rings is 1. The molecular weight excluding hydrogens is 388 g/mol. The Morgan fingerprint density at radius 1 is 1.24 bits per heavy atom. The summed E-state index contributed by atoms with van der Waals surface area (Å²) >= 11 is 1.24. The molecule has 1 aromatic carbocycles. The fraction of sp³-hybridized carbons (Fsp3) is 0.238.